The molecule has 2 N–H and O–H groups in total. The normalized spacial score (nSPS) is 11.9. The van der Waals surface area contributed by atoms with E-state index < -0.39 is 12.0 Å². The number of aryl methyl sites for hydroxylation is 1. The maximum absolute atomic E-state index is 10.8. The fourth-order valence-corrected chi connectivity index (χ4v) is 1.56. The van der Waals surface area contributed by atoms with Crippen molar-refractivity contribution in [1.29, 1.82) is 0 Å². The lowest BCUT2D eigenvalue weighted by atomic mass is 10.1. The zero-order valence-electron chi connectivity index (χ0n) is 8.03. The summed E-state index contributed by atoms with van der Waals surface area (Å²) >= 11 is 3.31. The molecule has 0 saturated carbocycles. The fourth-order valence-electron chi connectivity index (χ4n) is 1.17. The summed E-state index contributed by atoms with van der Waals surface area (Å²) in [5.74, 6) is -1.09. The lowest BCUT2D eigenvalue weighted by molar-refractivity contribution is -0.140. The summed E-state index contributed by atoms with van der Waals surface area (Å²) in [4.78, 5) is 21.1. The number of rotatable bonds is 4. The zero-order valence-corrected chi connectivity index (χ0v) is 9.61. The van der Waals surface area contributed by atoms with Gasteiger partial charge in [-0.05, 0) is 24.1 Å². The summed E-state index contributed by atoms with van der Waals surface area (Å²) in [6, 6.07) is 4.15. The van der Waals surface area contributed by atoms with Crippen molar-refractivity contribution in [3.05, 3.63) is 33.8 Å². The molecule has 15 heavy (non-hydrogen) atoms. The minimum absolute atomic E-state index is 0.381. The molecule has 0 aliphatic rings. The van der Waals surface area contributed by atoms with Gasteiger partial charge < -0.3 is 10.4 Å². The van der Waals surface area contributed by atoms with E-state index in [1.807, 2.05) is 6.92 Å². The van der Waals surface area contributed by atoms with Gasteiger partial charge in [0, 0.05) is 4.47 Å². The zero-order chi connectivity index (χ0) is 11.4. The van der Waals surface area contributed by atoms with Gasteiger partial charge >= 0.3 is 5.97 Å². The van der Waals surface area contributed by atoms with Crippen LogP contribution in [0.2, 0.25) is 0 Å². The van der Waals surface area contributed by atoms with Gasteiger partial charge in [-0.3, -0.25) is 4.79 Å². The van der Waals surface area contributed by atoms with Crippen LogP contribution in [0, 0.1) is 6.92 Å². The highest BCUT2D eigenvalue weighted by molar-refractivity contribution is 9.10. The van der Waals surface area contributed by atoms with Crippen LogP contribution in [-0.2, 0) is 9.59 Å². The largest absolute Gasteiger partial charge is 0.479 e. The molecule has 5 heteroatoms. The van der Waals surface area contributed by atoms with E-state index in [0.717, 1.165) is 10.0 Å². The first-order chi connectivity index (χ1) is 7.06. The van der Waals surface area contributed by atoms with Crippen LogP contribution in [0.15, 0.2) is 22.7 Å². The van der Waals surface area contributed by atoms with Crippen molar-refractivity contribution >= 4 is 28.3 Å². The van der Waals surface area contributed by atoms with Crippen LogP contribution in [0.1, 0.15) is 17.2 Å². The van der Waals surface area contributed by atoms with Crippen LogP contribution in [0.25, 0.3) is 0 Å². The molecule has 0 spiro atoms. The standard InChI is InChI=1S/C10H10BrNO3/c1-6-2-3-7(4-8(6)11)9(10(14)15)12-5-13/h2-5,9H,1H3,(H,12,13)(H,14,15). The van der Waals surface area contributed by atoms with Crippen molar-refractivity contribution in [1.82, 2.24) is 5.32 Å². The Hall–Kier alpha value is -1.36. The van der Waals surface area contributed by atoms with Crippen molar-refractivity contribution in [3.8, 4) is 0 Å². The number of carboxylic acids is 1. The number of amides is 1. The second kappa shape index (κ2) is 4.93. The first kappa shape index (κ1) is 11.7. The number of carbonyl (C=O) groups excluding carboxylic acids is 1. The summed E-state index contributed by atoms with van der Waals surface area (Å²) in [6.45, 7) is 1.90. The Labute approximate surface area is 95.4 Å². The highest BCUT2D eigenvalue weighted by Gasteiger charge is 2.18. The Morgan fingerprint density at radius 3 is 2.73 bits per heavy atom. The minimum Gasteiger partial charge on any atom is -0.479 e. The molecule has 1 aromatic rings. The average molecular weight is 272 g/mol. The third-order valence-electron chi connectivity index (χ3n) is 2.01. The molecule has 1 amide bonds. The van der Waals surface area contributed by atoms with Crippen molar-refractivity contribution < 1.29 is 14.7 Å². The Balaban J connectivity index is 3.06. The number of halogens is 1. The lowest BCUT2D eigenvalue weighted by Gasteiger charge is -2.12. The predicted octanol–water partition coefficient (Wildman–Crippen LogP) is 1.63. The topological polar surface area (TPSA) is 66.4 Å². The quantitative estimate of drug-likeness (QED) is 0.818. The lowest BCUT2D eigenvalue weighted by Crippen LogP contribution is -2.27. The van der Waals surface area contributed by atoms with Crippen LogP contribution < -0.4 is 5.32 Å². The number of carboxylic acid groups (broad SMARTS) is 1. The Bertz CT molecular complexity index is 392. The highest BCUT2D eigenvalue weighted by Crippen LogP contribution is 2.21. The molecule has 0 fully saturated rings. The van der Waals surface area contributed by atoms with E-state index in [1.165, 1.54) is 0 Å². The van der Waals surface area contributed by atoms with Gasteiger partial charge in [-0.2, -0.15) is 0 Å². The summed E-state index contributed by atoms with van der Waals surface area (Å²) in [5, 5.41) is 11.1. The first-order valence-electron chi connectivity index (χ1n) is 4.25. The maximum Gasteiger partial charge on any atom is 0.330 e. The van der Waals surface area contributed by atoms with Crippen molar-refractivity contribution in [2.24, 2.45) is 0 Å². The van der Waals surface area contributed by atoms with Crippen LogP contribution in [0.4, 0.5) is 0 Å². The second-order valence-electron chi connectivity index (χ2n) is 3.06. The van der Waals surface area contributed by atoms with Crippen molar-refractivity contribution in [2.75, 3.05) is 0 Å². The van der Waals surface area contributed by atoms with E-state index in [2.05, 4.69) is 21.2 Å². The third kappa shape index (κ3) is 2.79. The van der Waals surface area contributed by atoms with Gasteiger partial charge in [0.15, 0.2) is 6.04 Å². The Morgan fingerprint density at radius 1 is 1.60 bits per heavy atom. The Morgan fingerprint density at radius 2 is 2.27 bits per heavy atom. The van der Waals surface area contributed by atoms with E-state index in [1.54, 1.807) is 18.2 Å². The molecule has 0 bridgehead atoms. The van der Waals surface area contributed by atoms with E-state index in [0.29, 0.717) is 12.0 Å². The number of carbonyl (C=O) groups is 2. The van der Waals surface area contributed by atoms with Crippen molar-refractivity contribution in [2.45, 2.75) is 13.0 Å². The molecular formula is C10H10BrNO3. The molecule has 0 radical (unpaired) electrons. The molecule has 1 aromatic carbocycles. The minimum atomic E-state index is -1.09. The molecule has 0 saturated heterocycles. The molecule has 1 atom stereocenters. The van der Waals surface area contributed by atoms with Gasteiger partial charge in [0.25, 0.3) is 0 Å². The molecule has 1 rings (SSSR count). The van der Waals surface area contributed by atoms with Crippen molar-refractivity contribution in [3.63, 3.8) is 0 Å². The molecule has 0 aliphatic carbocycles. The van der Waals surface area contributed by atoms with Gasteiger partial charge in [-0.15, -0.1) is 0 Å². The van der Waals surface area contributed by atoms with Crippen LogP contribution in [0.5, 0.6) is 0 Å². The maximum atomic E-state index is 10.8. The van der Waals surface area contributed by atoms with E-state index in [9.17, 15) is 9.59 Å². The van der Waals surface area contributed by atoms with Gasteiger partial charge in [-0.25, -0.2) is 4.79 Å². The summed E-state index contributed by atoms with van der Waals surface area (Å²) in [6.07, 6.45) is 0.381. The van der Waals surface area contributed by atoms with Crippen LogP contribution in [0.3, 0.4) is 0 Å². The molecule has 1 unspecified atom stereocenters. The van der Waals surface area contributed by atoms with Gasteiger partial charge in [0.05, 0.1) is 0 Å². The monoisotopic (exact) mass is 271 g/mol. The molecule has 0 aliphatic heterocycles. The SMILES string of the molecule is Cc1ccc(C(NC=O)C(=O)O)cc1Br. The number of aliphatic carboxylic acids is 1. The Kier molecular flexibility index (Phi) is 3.85. The molecule has 0 heterocycles. The molecule has 4 nitrogen and oxygen atoms in total. The third-order valence-corrected chi connectivity index (χ3v) is 2.87. The van der Waals surface area contributed by atoms with Crippen LogP contribution in [-0.4, -0.2) is 17.5 Å². The summed E-state index contributed by atoms with van der Waals surface area (Å²) < 4.78 is 0.818. The molecule has 0 aromatic heterocycles. The van der Waals surface area contributed by atoms with Crippen LogP contribution >= 0.6 is 15.9 Å². The van der Waals surface area contributed by atoms with E-state index in [-0.39, 0.29) is 0 Å². The second-order valence-corrected chi connectivity index (χ2v) is 3.92. The average Bonchev–Trinajstić information content (AvgIpc) is 2.18. The van der Waals surface area contributed by atoms with E-state index >= 15 is 0 Å². The van der Waals surface area contributed by atoms with E-state index in [4.69, 9.17) is 5.11 Å². The number of hydrogen-bond acceptors (Lipinski definition) is 2. The number of benzene rings is 1. The highest BCUT2D eigenvalue weighted by atomic mass is 79.9. The molecule has 80 valence electrons. The number of hydrogen-bond donors (Lipinski definition) is 2. The fraction of sp³-hybridized carbons (Fsp3) is 0.200. The van der Waals surface area contributed by atoms with Gasteiger partial charge in [0.1, 0.15) is 0 Å². The predicted molar refractivity (Wildman–Crippen MR) is 58.5 cm³/mol. The number of nitrogens with one attached hydrogen (secondary N) is 1. The van der Waals surface area contributed by atoms with Gasteiger partial charge in [-0.1, -0.05) is 28.1 Å². The summed E-state index contributed by atoms with van der Waals surface area (Å²) in [7, 11) is 0. The molecular weight excluding hydrogens is 262 g/mol. The smallest absolute Gasteiger partial charge is 0.330 e. The van der Waals surface area contributed by atoms with Gasteiger partial charge in [0.2, 0.25) is 6.41 Å². The first-order valence-corrected chi connectivity index (χ1v) is 5.04. The summed E-state index contributed by atoms with van der Waals surface area (Å²) in [5.41, 5.74) is 1.54.